The molecule has 1 aliphatic rings. The lowest BCUT2D eigenvalue weighted by Gasteiger charge is -2.30. The van der Waals surface area contributed by atoms with Crippen molar-refractivity contribution < 1.29 is 24.0 Å². The molecule has 3 amide bonds. The van der Waals surface area contributed by atoms with Gasteiger partial charge in [-0.1, -0.05) is 30.3 Å². The highest BCUT2D eigenvalue weighted by atomic mass is 16.5. The molecule has 7 nitrogen and oxygen atoms in total. The first-order chi connectivity index (χ1) is 14.6. The molecule has 1 saturated heterocycles. The van der Waals surface area contributed by atoms with Crippen molar-refractivity contribution in [2.45, 2.75) is 31.8 Å². The second kappa shape index (κ2) is 10.1. The first kappa shape index (κ1) is 21.6. The van der Waals surface area contributed by atoms with Gasteiger partial charge in [-0.15, -0.1) is 0 Å². The number of likely N-dealkylation sites (tertiary alicyclic amines) is 1. The Labute approximate surface area is 177 Å². The summed E-state index contributed by atoms with van der Waals surface area (Å²) in [4.78, 5) is 26.3. The van der Waals surface area contributed by atoms with Crippen LogP contribution in [0.4, 0.5) is 4.79 Å². The second-order valence-corrected chi connectivity index (χ2v) is 7.32. The van der Waals surface area contributed by atoms with Gasteiger partial charge in [0.25, 0.3) is 5.91 Å². The highest BCUT2D eigenvalue weighted by Crippen LogP contribution is 2.33. The highest BCUT2D eigenvalue weighted by molar-refractivity contribution is 5.96. The molecule has 3 rings (SSSR count). The molecular weight excluding hydrogens is 382 g/mol. The average Bonchev–Trinajstić information content (AvgIpc) is 3.23. The monoisotopic (exact) mass is 412 g/mol. The maximum atomic E-state index is 13.2. The Hall–Kier alpha value is -3.06. The molecule has 1 unspecified atom stereocenters. The maximum Gasteiger partial charge on any atom is 0.321 e. The summed E-state index contributed by atoms with van der Waals surface area (Å²) in [6, 6.07) is 14.5. The fourth-order valence-corrected chi connectivity index (χ4v) is 4.25. The molecule has 0 aromatic heterocycles. The predicted molar refractivity (Wildman–Crippen MR) is 114 cm³/mol. The number of ether oxygens (including phenoxy) is 2. The van der Waals surface area contributed by atoms with Crippen molar-refractivity contribution in [2.75, 3.05) is 27.3 Å². The molecule has 0 radical (unpaired) electrons. The van der Waals surface area contributed by atoms with Crippen molar-refractivity contribution in [3.05, 3.63) is 59.7 Å². The van der Waals surface area contributed by atoms with Gasteiger partial charge in [-0.3, -0.25) is 10.1 Å². The third-order valence-electron chi connectivity index (χ3n) is 5.56. The Bertz CT molecular complexity index is 872. The Balaban J connectivity index is 1.96. The first-order valence-electron chi connectivity index (χ1n) is 10.3. The lowest BCUT2D eigenvalue weighted by Crippen LogP contribution is -3.11. The van der Waals surface area contributed by atoms with Crippen LogP contribution < -0.4 is 25.0 Å². The summed E-state index contributed by atoms with van der Waals surface area (Å²) in [6.07, 6.45) is 1.91. The molecule has 0 saturated carbocycles. The number of nitrogens with one attached hydrogen (secondary N) is 3. The van der Waals surface area contributed by atoms with Crippen molar-refractivity contribution in [3.8, 4) is 11.5 Å². The number of amides is 3. The lowest BCUT2D eigenvalue weighted by atomic mass is 9.98. The molecule has 2 aromatic carbocycles. The molecular formula is C23H30N3O4+. The Morgan fingerprint density at radius 1 is 1.13 bits per heavy atom. The maximum absolute atomic E-state index is 13.2. The van der Waals surface area contributed by atoms with Crippen LogP contribution in [0.2, 0.25) is 0 Å². The SMILES string of the molecule is CCNC(=O)NC(=O)[C@H](c1ccccc1)[NH+]1CCC[C@@H]1c1ccc(OC)cc1OC. The van der Waals surface area contributed by atoms with E-state index in [0.29, 0.717) is 6.54 Å². The fraction of sp³-hybridized carbons (Fsp3) is 0.391. The van der Waals surface area contributed by atoms with Gasteiger partial charge in [0.2, 0.25) is 0 Å². The minimum absolute atomic E-state index is 0.0658. The summed E-state index contributed by atoms with van der Waals surface area (Å²) < 4.78 is 11.0. The Morgan fingerprint density at radius 2 is 1.90 bits per heavy atom. The molecule has 3 atom stereocenters. The van der Waals surface area contributed by atoms with E-state index >= 15 is 0 Å². The number of urea groups is 1. The van der Waals surface area contributed by atoms with Gasteiger partial charge in [0.15, 0.2) is 6.04 Å². The van der Waals surface area contributed by atoms with Crippen LogP contribution in [-0.4, -0.2) is 39.2 Å². The van der Waals surface area contributed by atoms with Crippen molar-refractivity contribution in [1.82, 2.24) is 10.6 Å². The van der Waals surface area contributed by atoms with E-state index in [4.69, 9.17) is 9.47 Å². The quantitative estimate of drug-likeness (QED) is 0.650. The Kier molecular flexibility index (Phi) is 7.30. The number of hydrogen-bond donors (Lipinski definition) is 3. The molecule has 7 heteroatoms. The highest BCUT2D eigenvalue weighted by Gasteiger charge is 2.42. The van der Waals surface area contributed by atoms with Gasteiger partial charge in [0.1, 0.15) is 17.5 Å². The van der Waals surface area contributed by atoms with Gasteiger partial charge >= 0.3 is 6.03 Å². The first-order valence-corrected chi connectivity index (χ1v) is 10.3. The third-order valence-corrected chi connectivity index (χ3v) is 5.56. The van der Waals surface area contributed by atoms with Crippen LogP contribution in [0.3, 0.4) is 0 Å². The molecule has 0 bridgehead atoms. The van der Waals surface area contributed by atoms with Gasteiger partial charge in [0.05, 0.1) is 26.3 Å². The summed E-state index contributed by atoms with van der Waals surface area (Å²) in [7, 11) is 3.27. The number of methoxy groups -OCH3 is 2. The van der Waals surface area contributed by atoms with E-state index in [2.05, 4.69) is 10.6 Å². The van der Waals surface area contributed by atoms with Gasteiger partial charge in [0, 0.05) is 31.0 Å². The van der Waals surface area contributed by atoms with E-state index in [9.17, 15) is 9.59 Å². The van der Waals surface area contributed by atoms with Crippen molar-refractivity contribution in [1.29, 1.82) is 0 Å². The van der Waals surface area contributed by atoms with Crippen LogP contribution in [0, 0.1) is 0 Å². The molecule has 0 spiro atoms. The molecule has 160 valence electrons. The molecule has 1 aliphatic heterocycles. The number of rotatable bonds is 7. The summed E-state index contributed by atoms with van der Waals surface area (Å²) in [5, 5.41) is 5.15. The zero-order valence-corrected chi connectivity index (χ0v) is 17.7. The number of carbonyl (C=O) groups is 2. The summed E-state index contributed by atoms with van der Waals surface area (Å²) >= 11 is 0. The molecule has 30 heavy (non-hydrogen) atoms. The van der Waals surface area contributed by atoms with Crippen LogP contribution >= 0.6 is 0 Å². The predicted octanol–water partition coefficient (Wildman–Crippen LogP) is 2.01. The normalized spacial score (nSPS) is 19.0. The van der Waals surface area contributed by atoms with Crippen molar-refractivity contribution in [3.63, 3.8) is 0 Å². The summed E-state index contributed by atoms with van der Waals surface area (Å²) in [5.41, 5.74) is 1.92. The van der Waals surface area contributed by atoms with Gasteiger partial charge in [-0.2, -0.15) is 0 Å². The largest absolute Gasteiger partial charge is 0.497 e. The van der Waals surface area contributed by atoms with Crippen molar-refractivity contribution >= 4 is 11.9 Å². The standard InChI is InChI=1S/C23H29N3O4/c1-4-24-23(28)25-22(27)21(16-9-6-5-7-10-16)26-14-8-11-19(26)18-13-12-17(29-2)15-20(18)30-3/h5-7,9-10,12-13,15,19,21H,4,8,11,14H2,1-3H3,(H2,24,25,27,28)/p+1/t19-,21+/m1/s1. The number of quaternary nitrogens is 1. The number of carbonyl (C=O) groups excluding carboxylic acids is 2. The van der Waals surface area contributed by atoms with Gasteiger partial charge < -0.3 is 19.7 Å². The van der Waals surface area contributed by atoms with Crippen LogP contribution in [-0.2, 0) is 4.79 Å². The van der Waals surface area contributed by atoms with E-state index < -0.39 is 12.1 Å². The van der Waals surface area contributed by atoms with E-state index in [-0.39, 0.29) is 11.9 Å². The number of benzene rings is 2. The molecule has 1 heterocycles. The van der Waals surface area contributed by atoms with Gasteiger partial charge in [-0.05, 0) is 19.1 Å². The zero-order chi connectivity index (χ0) is 21.5. The topological polar surface area (TPSA) is 81.1 Å². The smallest absolute Gasteiger partial charge is 0.321 e. The number of imide groups is 1. The van der Waals surface area contributed by atoms with Gasteiger partial charge in [-0.25, -0.2) is 4.79 Å². The van der Waals surface area contributed by atoms with E-state index in [0.717, 1.165) is 46.9 Å². The molecule has 1 fully saturated rings. The second-order valence-electron chi connectivity index (χ2n) is 7.32. The van der Waals surface area contributed by atoms with Crippen LogP contribution in [0.5, 0.6) is 11.5 Å². The third kappa shape index (κ3) is 4.74. The van der Waals surface area contributed by atoms with Crippen molar-refractivity contribution in [2.24, 2.45) is 0 Å². The summed E-state index contributed by atoms with van der Waals surface area (Å²) in [6.45, 7) is 3.09. The van der Waals surface area contributed by atoms with E-state index in [1.165, 1.54) is 0 Å². The average molecular weight is 413 g/mol. The minimum atomic E-state index is -0.506. The number of hydrogen-bond acceptors (Lipinski definition) is 4. The fourth-order valence-electron chi connectivity index (χ4n) is 4.25. The molecule has 2 aromatic rings. The van der Waals surface area contributed by atoms with E-state index in [1.54, 1.807) is 14.2 Å². The van der Waals surface area contributed by atoms with E-state index in [1.807, 2.05) is 55.5 Å². The van der Waals surface area contributed by atoms with Crippen LogP contribution in [0.25, 0.3) is 0 Å². The zero-order valence-electron chi connectivity index (χ0n) is 17.7. The molecule has 0 aliphatic carbocycles. The lowest BCUT2D eigenvalue weighted by molar-refractivity contribution is -0.940. The van der Waals surface area contributed by atoms with Crippen LogP contribution in [0.15, 0.2) is 48.5 Å². The summed E-state index contributed by atoms with van der Waals surface area (Å²) in [5.74, 6) is 1.17. The minimum Gasteiger partial charge on any atom is -0.497 e. The molecule has 3 N–H and O–H groups in total. The Morgan fingerprint density at radius 3 is 2.57 bits per heavy atom. The van der Waals surface area contributed by atoms with Crippen LogP contribution in [0.1, 0.15) is 43.0 Å².